The molecular weight excluding hydrogens is 448 g/mol. The minimum Gasteiger partial charge on any atom is -0.465 e. The summed E-state index contributed by atoms with van der Waals surface area (Å²) in [6.45, 7) is 0.322. The minimum absolute atomic E-state index is 0.165. The average Bonchev–Trinajstić information content (AvgIpc) is 2.86. The Bertz CT molecular complexity index is 1120. The highest BCUT2D eigenvalue weighted by atomic mass is 32.2. The lowest BCUT2D eigenvalue weighted by atomic mass is 10.1. The highest BCUT2D eigenvalue weighted by molar-refractivity contribution is 7.89. The van der Waals surface area contributed by atoms with Crippen LogP contribution in [0, 0.1) is 0 Å². The SMILES string of the molecule is COC(=O)c1ccc(/C=C/C(=O)OCC(=O)N2CCN(S(=O)(=O)c3ccccc3)CC2)cc1. The van der Waals surface area contributed by atoms with E-state index in [2.05, 4.69) is 4.74 Å². The predicted molar refractivity (Wildman–Crippen MR) is 120 cm³/mol. The first-order chi connectivity index (χ1) is 15.8. The van der Waals surface area contributed by atoms with Gasteiger partial charge in [-0.05, 0) is 35.9 Å². The summed E-state index contributed by atoms with van der Waals surface area (Å²) in [4.78, 5) is 37.4. The van der Waals surface area contributed by atoms with Crippen LogP contribution in [0.15, 0.2) is 65.6 Å². The van der Waals surface area contributed by atoms with Gasteiger partial charge in [0.15, 0.2) is 6.61 Å². The van der Waals surface area contributed by atoms with Crippen molar-refractivity contribution >= 4 is 33.9 Å². The third-order valence-corrected chi connectivity index (χ3v) is 6.97. The quantitative estimate of drug-likeness (QED) is 0.444. The topological polar surface area (TPSA) is 110 Å². The molecule has 3 rings (SSSR count). The molecular formula is C23H24N2O7S. The number of sulfonamides is 1. The standard InChI is InChI=1S/C23H24N2O7S/c1-31-23(28)19-10-7-18(8-11-19)9-12-22(27)32-17-21(26)24-13-15-25(16-14-24)33(29,30)20-5-3-2-4-6-20/h2-12H,13-17H2,1H3/b12-9+. The van der Waals surface area contributed by atoms with E-state index in [0.29, 0.717) is 11.1 Å². The van der Waals surface area contributed by atoms with Crippen LogP contribution in [0.1, 0.15) is 15.9 Å². The summed E-state index contributed by atoms with van der Waals surface area (Å²) in [5.74, 6) is -1.54. The second-order valence-electron chi connectivity index (χ2n) is 7.15. The molecule has 0 bridgehead atoms. The van der Waals surface area contributed by atoms with E-state index in [0.717, 1.165) is 0 Å². The molecule has 1 amide bonds. The molecule has 10 heteroatoms. The van der Waals surface area contributed by atoms with E-state index in [9.17, 15) is 22.8 Å². The molecule has 0 atom stereocenters. The molecule has 9 nitrogen and oxygen atoms in total. The predicted octanol–water partition coefficient (Wildman–Crippen LogP) is 1.56. The van der Waals surface area contributed by atoms with E-state index in [1.54, 1.807) is 42.5 Å². The van der Waals surface area contributed by atoms with Gasteiger partial charge in [0, 0.05) is 32.3 Å². The Morgan fingerprint density at radius 2 is 1.58 bits per heavy atom. The van der Waals surface area contributed by atoms with Crippen LogP contribution < -0.4 is 0 Å². The molecule has 1 heterocycles. The third-order valence-electron chi connectivity index (χ3n) is 5.05. The van der Waals surface area contributed by atoms with E-state index in [4.69, 9.17) is 4.74 Å². The number of carbonyl (C=O) groups is 3. The van der Waals surface area contributed by atoms with Crippen molar-refractivity contribution < 1.29 is 32.3 Å². The van der Waals surface area contributed by atoms with Crippen molar-refractivity contribution in [2.45, 2.75) is 4.90 Å². The number of methoxy groups -OCH3 is 1. The van der Waals surface area contributed by atoms with Crippen LogP contribution in [-0.2, 0) is 29.1 Å². The van der Waals surface area contributed by atoms with Gasteiger partial charge in [0.2, 0.25) is 10.0 Å². The lowest BCUT2D eigenvalue weighted by molar-refractivity contribution is -0.148. The van der Waals surface area contributed by atoms with Gasteiger partial charge in [0.25, 0.3) is 5.91 Å². The Morgan fingerprint density at radius 3 is 2.18 bits per heavy atom. The number of piperazine rings is 1. The van der Waals surface area contributed by atoms with Crippen LogP contribution in [0.5, 0.6) is 0 Å². The number of hydrogen-bond acceptors (Lipinski definition) is 7. The molecule has 0 aliphatic carbocycles. The van der Waals surface area contributed by atoms with E-state index < -0.39 is 34.5 Å². The normalized spacial score (nSPS) is 14.8. The summed E-state index contributed by atoms with van der Waals surface area (Å²) in [5, 5.41) is 0. The number of esters is 2. The number of hydrogen-bond donors (Lipinski definition) is 0. The first-order valence-electron chi connectivity index (χ1n) is 10.2. The molecule has 174 valence electrons. The monoisotopic (exact) mass is 472 g/mol. The van der Waals surface area contributed by atoms with Crippen molar-refractivity contribution in [1.82, 2.24) is 9.21 Å². The highest BCUT2D eigenvalue weighted by Crippen LogP contribution is 2.17. The van der Waals surface area contributed by atoms with Crippen LogP contribution in [0.3, 0.4) is 0 Å². The largest absolute Gasteiger partial charge is 0.465 e. The molecule has 0 radical (unpaired) electrons. The van der Waals surface area contributed by atoms with Gasteiger partial charge in [-0.15, -0.1) is 0 Å². The van der Waals surface area contributed by atoms with Crippen molar-refractivity contribution in [3.63, 3.8) is 0 Å². The summed E-state index contributed by atoms with van der Waals surface area (Å²) in [6.07, 6.45) is 2.69. The molecule has 2 aromatic rings. The molecule has 0 spiro atoms. The Hall–Kier alpha value is -3.50. The minimum atomic E-state index is -3.60. The van der Waals surface area contributed by atoms with E-state index in [1.807, 2.05) is 0 Å². The molecule has 1 saturated heterocycles. The van der Waals surface area contributed by atoms with Crippen LogP contribution in [0.2, 0.25) is 0 Å². The Balaban J connectivity index is 1.45. The summed E-state index contributed by atoms with van der Waals surface area (Å²) in [6, 6.07) is 14.6. The van der Waals surface area contributed by atoms with Gasteiger partial charge in [-0.1, -0.05) is 30.3 Å². The lowest BCUT2D eigenvalue weighted by Gasteiger charge is -2.33. The summed E-state index contributed by atoms with van der Waals surface area (Å²) < 4.78 is 36.3. The summed E-state index contributed by atoms with van der Waals surface area (Å²) in [7, 11) is -2.31. The maximum Gasteiger partial charge on any atom is 0.337 e. The molecule has 2 aromatic carbocycles. The fraction of sp³-hybridized carbons (Fsp3) is 0.261. The molecule has 0 N–H and O–H groups in total. The lowest BCUT2D eigenvalue weighted by Crippen LogP contribution is -2.51. The van der Waals surface area contributed by atoms with E-state index >= 15 is 0 Å². The molecule has 1 aliphatic heterocycles. The maximum absolute atomic E-state index is 12.7. The average molecular weight is 473 g/mol. The van der Waals surface area contributed by atoms with Gasteiger partial charge in [-0.25, -0.2) is 18.0 Å². The second-order valence-corrected chi connectivity index (χ2v) is 9.09. The Kier molecular flexibility index (Phi) is 7.96. The molecule has 0 saturated carbocycles. The van der Waals surface area contributed by atoms with Crippen LogP contribution >= 0.6 is 0 Å². The number of amides is 1. The Morgan fingerprint density at radius 1 is 0.939 bits per heavy atom. The summed E-state index contributed by atoms with van der Waals surface area (Å²) >= 11 is 0. The van der Waals surface area contributed by atoms with Gasteiger partial charge < -0.3 is 14.4 Å². The van der Waals surface area contributed by atoms with Gasteiger partial charge in [-0.3, -0.25) is 4.79 Å². The van der Waals surface area contributed by atoms with Crippen LogP contribution in [0.25, 0.3) is 6.08 Å². The van der Waals surface area contributed by atoms with Crippen LogP contribution in [0.4, 0.5) is 0 Å². The van der Waals surface area contributed by atoms with Crippen LogP contribution in [-0.4, -0.2) is 75.4 Å². The zero-order chi connectivity index (χ0) is 23.8. The number of ether oxygens (including phenoxy) is 2. The fourth-order valence-electron chi connectivity index (χ4n) is 3.20. The molecule has 1 fully saturated rings. The van der Waals surface area contributed by atoms with Gasteiger partial charge in [0.1, 0.15) is 0 Å². The molecule has 0 unspecified atom stereocenters. The number of rotatable bonds is 7. The highest BCUT2D eigenvalue weighted by Gasteiger charge is 2.30. The van der Waals surface area contributed by atoms with Crippen molar-refractivity contribution in [2.24, 2.45) is 0 Å². The fourth-order valence-corrected chi connectivity index (χ4v) is 4.65. The maximum atomic E-state index is 12.7. The smallest absolute Gasteiger partial charge is 0.337 e. The van der Waals surface area contributed by atoms with Crippen molar-refractivity contribution in [1.29, 1.82) is 0 Å². The summed E-state index contributed by atoms with van der Waals surface area (Å²) in [5.41, 5.74) is 1.06. The zero-order valence-corrected chi connectivity index (χ0v) is 18.9. The number of carbonyl (C=O) groups excluding carboxylic acids is 3. The third kappa shape index (κ3) is 6.27. The molecule has 0 aromatic heterocycles. The second kappa shape index (κ2) is 10.9. The Labute approximate surface area is 192 Å². The first kappa shape index (κ1) is 24.1. The van der Waals surface area contributed by atoms with Gasteiger partial charge in [-0.2, -0.15) is 4.31 Å². The van der Waals surface area contributed by atoms with Crippen molar-refractivity contribution in [2.75, 3.05) is 39.9 Å². The zero-order valence-electron chi connectivity index (χ0n) is 18.0. The number of benzene rings is 2. The van der Waals surface area contributed by atoms with Crippen molar-refractivity contribution in [3.8, 4) is 0 Å². The molecule has 33 heavy (non-hydrogen) atoms. The first-order valence-corrected chi connectivity index (χ1v) is 11.6. The van der Waals surface area contributed by atoms with Crippen molar-refractivity contribution in [3.05, 3.63) is 71.8 Å². The molecule has 1 aliphatic rings. The van der Waals surface area contributed by atoms with E-state index in [1.165, 1.54) is 40.6 Å². The van der Waals surface area contributed by atoms with Gasteiger partial charge >= 0.3 is 11.9 Å². The number of nitrogens with zero attached hydrogens (tertiary/aromatic N) is 2. The van der Waals surface area contributed by atoms with Gasteiger partial charge in [0.05, 0.1) is 17.6 Å². The van der Waals surface area contributed by atoms with E-state index in [-0.39, 0.29) is 31.1 Å².